The highest BCUT2D eigenvalue weighted by atomic mass is 15.1. The second-order valence-electron chi connectivity index (χ2n) is 4.82. The van der Waals surface area contributed by atoms with Gasteiger partial charge >= 0.3 is 0 Å². The maximum Gasteiger partial charge on any atom is 0.180 e. The van der Waals surface area contributed by atoms with Crippen LogP contribution in [0.5, 0.6) is 0 Å². The first-order valence-corrected chi connectivity index (χ1v) is 6.99. The van der Waals surface area contributed by atoms with Crippen molar-refractivity contribution >= 4 is 17.3 Å². The number of anilines is 2. The van der Waals surface area contributed by atoms with Crippen LogP contribution in [0.4, 0.5) is 11.6 Å². The van der Waals surface area contributed by atoms with Crippen molar-refractivity contribution in [3.63, 3.8) is 0 Å². The average molecular weight is 282 g/mol. The van der Waals surface area contributed by atoms with Crippen LogP contribution < -0.4 is 10.6 Å². The quantitative estimate of drug-likeness (QED) is 0.752. The minimum Gasteiger partial charge on any atom is -0.369 e. The van der Waals surface area contributed by atoms with Crippen molar-refractivity contribution in [1.82, 2.24) is 19.4 Å². The van der Waals surface area contributed by atoms with Crippen LogP contribution in [0.15, 0.2) is 36.9 Å². The fourth-order valence-corrected chi connectivity index (χ4v) is 2.11. The Hall–Kier alpha value is -2.63. The Morgan fingerprint density at radius 3 is 2.86 bits per heavy atom. The molecule has 6 heteroatoms. The van der Waals surface area contributed by atoms with Gasteiger partial charge in [0.25, 0.3) is 0 Å². The molecule has 0 amide bonds. The molecule has 0 spiro atoms. The van der Waals surface area contributed by atoms with Crippen molar-refractivity contribution in [1.29, 1.82) is 0 Å². The van der Waals surface area contributed by atoms with E-state index in [4.69, 9.17) is 0 Å². The lowest BCUT2D eigenvalue weighted by molar-refractivity contribution is 1.04. The fourth-order valence-electron chi connectivity index (χ4n) is 2.11. The summed E-state index contributed by atoms with van der Waals surface area (Å²) in [5.41, 5.74) is 2.94. The summed E-state index contributed by atoms with van der Waals surface area (Å²) < 4.78 is 1.96. The molecule has 6 nitrogen and oxygen atoms in total. The van der Waals surface area contributed by atoms with Gasteiger partial charge in [-0.15, -0.1) is 0 Å². The van der Waals surface area contributed by atoms with E-state index in [0.29, 0.717) is 6.54 Å². The van der Waals surface area contributed by atoms with E-state index in [9.17, 15) is 0 Å². The van der Waals surface area contributed by atoms with E-state index in [1.165, 1.54) is 0 Å². The summed E-state index contributed by atoms with van der Waals surface area (Å²) in [6.07, 6.45) is 7.49. The molecule has 0 atom stereocenters. The molecule has 0 radical (unpaired) electrons. The molecular weight excluding hydrogens is 264 g/mol. The van der Waals surface area contributed by atoms with Gasteiger partial charge < -0.3 is 15.0 Å². The first-order chi connectivity index (χ1) is 10.3. The van der Waals surface area contributed by atoms with E-state index < -0.39 is 0 Å². The summed E-state index contributed by atoms with van der Waals surface area (Å²) in [6.45, 7) is 5.52. The third-order valence-electron chi connectivity index (χ3n) is 3.16. The van der Waals surface area contributed by atoms with Crippen LogP contribution in [0, 0.1) is 6.92 Å². The largest absolute Gasteiger partial charge is 0.369 e. The number of hydrogen-bond acceptors (Lipinski definition) is 5. The van der Waals surface area contributed by atoms with Crippen LogP contribution in [-0.2, 0) is 6.54 Å². The minimum atomic E-state index is 0.665. The lowest BCUT2D eigenvalue weighted by Gasteiger charge is -2.10. The van der Waals surface area contributed by atoms with E-state index in [0.717, 1.165) is 35.1 Å². The number of fused-ring (bicyclic) bond motifs is 1. The summed E-state index contributed by atoms with van der Waals surface area (Å²) in [7, 11) is 0. The molecular formula is C15H18N6. The third kappa shape index (κ3) is 2.94. The Labute approximate surface area is 123 Å². The molecule has 3 aromatic rings. The van der Waals surface area contributed by atoms with Crippen molar-refractivity contribution in [2.24, 2.45) is 0 Å². The second kappa shape index (κ2) is 5.78. The number of aryl methyl sites for hydroxylation is 1. The van der Waals surface area contributed by atoms with E-state index >= 15 is 0 Å². The highest BCUT2D eigenvalue weighted by molar-refractivity contribution is 5.65. The van der Waals surface area contributed by atoms with Gasteiger partial charge in [0.1, 0.15) is 5.82 Å². The molecule has 3 heterocycles. The monoisotopic (exact) mass is 282 g/mol. The number of aromatic nitrogens is 4. The molecule has 21 heavy (non-hydrogen) atoms. The molecule has 0 aliphatic rings. The minimum absolute atomic E-state index is 0.665. The predicted molar refractivity (Wildman–Crippen MR) is 83.5 cm³/mol. The molecule has 2 N–H and O–H groups in total. The van der Waals surface area contributed by atoms with Gasteiger partial charge in [0.2, 0.25) is 0 Å². The highest BCUT2D eigenvalue weighted by Crippen LogP contribution is 2.17. The standard InChI is InChI=1S/C15H18N6/c1-3-16-13-10-21-7-6-17-15(21)14(20-13)19-9-12-5-4-11(2)18-8-12/h4-8,10,16H,3,9H2,1-2H3,(H,19,20). The number of pyridine rings is 1. The van der Waals surface area contributed by atoms with E-state index in [1.807, 2.05) is 42.9 Å². The lowest BCUT2D eigenvalue weighted by atomic mass is 10.2. The number of nitrogens with one attached hydrogen (secondary N) is 2. The number of imidazole rings is 1. The number of rotatable bonds is 5. The zero-order valence-electron chi connectivity index (χ0n) is 12.2. The Bertz CT molecular complexity index is 732. The summed E-state index contributed by atoms with van der Waals surface area (Å²) in [6, 6.07) is 4.07. The molecule has 0 aliphatic heterocycles. The van der Waals surface area contributed by atoms with Gasteiger partial charge in [-0.1, -0.05) is 6.07 Å². The highest BCUT2D eigenvalue weighted by Gasteiger charge is 2.07. The molecule has 3 aromatic heterocycles. The molecule has 108 valence electrons. The van der Waals surface area contributed by atoms with Crippen molar-refractivity contribution in [3.05, 3.63) is 48.2 Å². The molecule has 0 saturated carbocycles. The van der Waals surface area contributed by atoms with Crippen LogP contribution in [0.25, 0.3) is 5.65 Å². The number of nitrogens with zero attached hydrogens (tertiary/aromatic N) is 4. The summed E-state index contributed by atoms with van der Waals surface area (Å²) in [5.74, 6) is 1.59. The molecule has 0 fully saturated rings. The zero-order valence-corrected chi connectivity index (χ0v) is 12.2. The Morgan fingerprint density at radius 1 is 1.19 bits per heavy atom. The molecule has 3 rings (SSSR count). The van der Waals surface area contributed by atoms with E-state index in [-0.39, 0.29) is 0 Å². The Kier molecular flexibility index (Phi) is 3.68. The first-order valence-electron chi connectivity index (χ1n) is 6.99. The SMILES string of the molecule is CCNc1cn2ccnc2c(NCc2ccc(C)nc2)n1. The molecule has 0 bridgehead atoms. The smallest absolute Gasteiger partial charge is 0.180 e. The van der Waals surface area contributed by atoms with Crippen LogP contribution in [0.2, 0.25) is 0 Å². The first kappa shape index (κ1) is 13.4. The van der Waals surface area contributed by atoms with Crippen LogP contribution in [0.1, 0.15) is 18.2 Å². The summed E-state index contributed by atoms with van der Waals surface area (Å²) in [4.78, 5) is 13.2. The van der Waals surface area contributed by atoms with Gasteiger partial charge in [-0.2, -0.15) is 0 Å². The van der Waals surface area contributed by atoms with E-state index in [1.54, 1.807) is 6.20 Å². The normalized spacial score (nSPS) is 10.8. The summed E-state index contributed by atoms with van der Waals surface area (Å²) >= 11 is 0. The molecule has 0 aromatic carbocycles. The lowest BCUT2D eigenvalue weighted by Crippen LogP contribution is -2.08. The zero-order chi connectivity index (χ0) is 14.7. The number of hydrogen-bond donors (Lipinski definition) is 2. The predicted octanol–water partition coefficient (Wildman–Crippen LogP) is 2.48. The maximum atomic E-state index is 4.57. The second-order valence-corrected chi connectivity index (χ2v) is 4.82. The topological polar surface area (TPSA) is 67.1 Å². The van der Waals surface area contributed by atoms with Gasteiger partial charge in [-0.05, 0) is 25.5 Å². The fraction of sp³-hybridized carbons (Fsp3) is 0.267. The average Bonchev–Trinajstić information content (AvgIpc) is 2.95. The van der Waals surface area contributed by atoms with Gasteiger partial charge in [0.05, 0.1) is 6.20 Å². The molecule has 0 aliphatic carbocycles. The van der Waals surface area contributed by atoms with Crippen LogP contribution in [0.3, 0.4) is 0 Å². The molecule has 0 unspecified atom stereocenters. The van der Waals surface area contributed by atoms with Gasteiger partial charge in [0, 0.05) is 37.4 Å². The van der Waals surface area contributed by atoms with Crippen LogP contribution >= 0.6 is 0 Å². The van der Waals surface area contributed by atoms with Gasteiger partial charge in [-0.25, -0.2) is 9.97 Å². The maximum absolute atomic E-state index is 4.57. The van der Waals surface area contributed by atoms with Crippen molar-refractivity contribution in [2.45, 2.75) is 20.4 Å². The van der Waals surface area contributed by atoms with Crippen molar-refractivity contribution < 1.29 is 0 Å². The van der Waals surface area contributed by atoms with E-state index in [2.05, 4.69) is 31.7 Å². The van der Waals surface area contributed by atoms with Gasteiger partial charge in [-0.3, -0.25) is 4.98 Å². The molecule has 0 saturated heterocycles. The van der Waals surface area contributed by atoms with Gasteiger partial charge in [0.15, 0.2) is 11.5 Å². The Morgan fingerprint density at radius 2 is 2.10 bits per heavy atom. The third-order valence-corrected chi connectivity index (χ3v) is 3.16. The Balaban J connectivity index is 1.84. The van der Waals surface area contributed by atoms with Crippen molar-refractivity contribution in [2.75, 3.05) is 17.2 Å². The van der Waals surface area contributed by atoms with Crippen LogP contribution in [-0.4, -0.2) is 25.9 Å². The summed E-state index contributed by atoms with van der Waals surface area (Å²) in [5, 5.41) is 6.56. The van der Waals surface area contributed by atoms with Crippen molar-refractivity contribution in [3.8, 4) is 0 Å².